The van der Waals surface area contributed by atoms with E-state index in [0.717, 1.165) is 0 Å². The topological polar surface area (TPSA) is 318 Å². The van der Waals surface area contributed by atoms with E-state index in [1.165, 1.54) is 21.6 Å². The van der Waals surface area contributed by atoms with Gasteiger partial charge >= 0.3 is 11.9 Å². The van der Waals surface area contributed by atoms with Gasteiger partial charge in [-0.3, -0.25) is 52.1 Å². The zero-order valence-corrected chi connectivity index (χ0v) is 24.5. The molecule has 224 valence electrons. The van der Waals surface area contributed by atoms with Crippen molar-refractivity contribution in [2.24, 2.45) is 28.7 Å². The van der Waals surface area contributed by atoms with Gasteiger partial charge in [0, 0.05) is 29.9 Å². The second-order valence-corrected chi connectivity index (χ2v) is 12.6. The van der Waals surface area contributed by atoms with Gasteiger partial charge in [-0.25, -0.2) is 0 Å². The first-order valence-corrected chi connectivity index (χ1v) is 14.8. The molecule has 0 radical (unpaired) electrons. The quantitative estimate of drug-likeness (QED) is 0.0272. The molecule has 0 bridgehead atoms. The van der Waals surface area contributed by atoms with Crippen LogP contribution >= 0.6 is 21.6 Å². The summed E-state index contributed by atoms with van der Waals surface area (Å²) < 4.78 is -0.396. The Hall–Kier alpha value is -2.96. The van der Waals surface area contributed by atoms with Crippen LogP contribution in [0, 0.1) is 0 Å². The van der Waals surface area contributed by atoms with E-state index in [4.69, 9.17) is 28.7 Å². The minimum absolute atomic E-state index is 0.0928. The molecule has 0 aliphatic carbocycles. The van der Waals surface area contributed by atoms with Crippen LogP contribution in [0.15, 0.2) is 0 Å². The zero-order chi connectivity index (χ0) is 30.0. The predicted octanol–water partition coefficient (Wildman–Crippen LogP) is -9.16. The van der Waals surface area contributed by atoms with Crippen molar-refractivity contribution >= 4 is 57.1 Å². The Morgan fingerprint density at radius 2 is 1.33 bits per heavy atom. The smallest absolute Gasteiger partial charge is 0.338 e. The maximum Gasteiger partial charge on any atom is 0.338 e. The fourth-order valence-corrected chi connectivity index (χ4v) is 5.57. The highest BCUT2D eigenvalue weighted by atomic mass is 33.1. The van der Waals surface area contributed by atoms with Gasteiger partial charge in [-0.2, -0.15) is 0 Å². The summed E-state index contributed by atoms with van der Waals surface area (Å²) in [5.74, 6) is -1.38. The summed E-state index contributed by atoms with van der Waals surface area (Å²) in [5, 5.41) is 8.02. The molecule has 0 saturated heterocycles. The molecular formula is C21H48N12O4S2+4. The highest BCUT2D eigenvalue weighted by molar-refractivity contribution is 8.77. The van der Waals surface area contributed by atoms with E-state index in [2.05, 4.69) is 37.4 Å². The Balaban J connectivity index is 4.84. The van der Waals surface area contributed by atoms with E-state index in [0.29, 0.717) is 45.3 Å². The third-order valence-electron chi connectivity index (χ3n) is 5.14. The van der Waals surface area contributed by atoms with Crippen molar-refractivity contribution in [1.29, 1.82) is 0 Å². The van der Waals surface area contributed by atoms with Gasteiger partial charge in [0.05, 0.1) is 19.6 Å². The SMILES string of the molecule is CC(C)(CNC(=O)[C@H]([NH3+])CCC[NH+]=C(N)N)SSC[C@@H](NC(=O)[C@H]([NH3+])CCC[NH+]=C(N)N)C(=O)NCC(N)=O. The van der Waals surface area contributed by atoms with E-state index < -0.39 is 40.6 Å². The molecule has 0 spiro atoms. The molecule has 0 saturated carbocycles. The third-order valence-corrected chi connectivity index (χ3v) is 8.43. The number of quaternary nitrogens is 2. The van der Waals surface area contributed by atoms with Gasteiger partial charge in [0.25, 0.3) is 11.8 Å². The highest BCUT2D eigenvalue weighted by Gasteiger charge is 2.28. The number of nitrogens with one attached hydrogen (secondary N) is 5. The number of hydrogen-bond donors (Lipinski definition) is 12. The van der Waals surface area contributed by atoms with Gasteiger partial charge in [-0.1, -0.05) is 21.6 Å². The maximum atomic E-state index is 12.6. The molecular weight excluding hydrogens is 548 g/mol. The Morgan fingerprint density at radius 3 is 1.82 bits per heavy atom. The van der Waals surface area contributed by atoms with Gasteiger partial charge in [0.1, 0.15) is 6.04 Å². The maximum absolute atomic E-state index is 12.6. The monoisotopic (exact) mass is 596 g/mol. The average Bonchev–Trinajstić information content (AvgIpc) is 2.84. The number of hydrogen-bond acceptors (Lipinski definition) is 6. The van der Waals surface area contributed by atoms with Crippen LogP contribution in [0.4, 0.5) is 0 Å². The highest BCUT2D eigenvalue weighted by Crippen LogP contribution is 2.35. The predicted molar refractivity (Wildman–Crippen MR) is 152 cm³/mol. The lowest BCUT2D eigenvalue weighted by molar-refractivity contribution is -0.463. The van der Waals surface area contributed by atoms with Crippen molar-refractivity contribution < 1.29 is 40.6 Å². The minimum Gasteiger partial charge on any atom is -0.368 e. The van der Waals surface area contributed by atoms with Crippen molar-refractivity contribution in [1.82, 2.24) is 16.0 Å². The number of carbonyl (C=O) groups is 4. The first-order valence-electron chi connectivity index (χ1n) is 12.5. The second-order valence-electron chi connectivity index (χ2n) is 9.53. The van der Waals surface area contributed by atoms with Crippen LogP contribution in [0.2, 0.25) is 0 Å². The molecule has 3 atom stereocenters. The summed E-state index contributed by atoms with van der Waals surface area (Å²) in [6.07, 6.45) is 2.29. The second kappa shape index (κ2) is 19.2. The zero-order valence-electron chi connectivity index (χ0n) is 22.8. The summed E-state index contributed by atoms with van der Waals surface area (Å²) in [4.78, 5) is 54.3. The molecule has 0 unspecified atom stereocenters. The van der Waals surface area contributed by atoms with Gasteiger partial charge < -0.3 is 33.2 Å². The lowest BCUT2D eigenvalue weighted by atomic mass is 10.1. The van der Waals surface area contributed by atoms with Gasteiger partial charge in [0.15, 0.2) is 12.1 Å². The molecule has 0 rings (SSSR count). The summed E-state index contributed by atoms with van der Waals surface area (Å²) in [7, 11) is 2.80. The lowest BCUT2D eigenvalue weighted by Gasteiger charge is -2.25. The number of guanidine groups is 2. The first-order chi connectivity index (χ1) is 18.1. The molecule has 0 heterocycles. The van der Waals surface area contributed by atoms with Crippen LogP contribution < -0.4 is 66.1 Å². The summed E-state index contributed by atoms with van der Waals surface area (Å²) in [6, 6.07) is -1.96. The van der Waals surface area contributed by atoms with Gasteiger partial charge in [-0.05, 0) is 26.7 Å². The molecule has 21 N–H and O–H groups in total. The van der Waals surface area contributed by atoms with E-state index in [9.17, 15) is 19.2 Å². The Bertz CT molecular complexity index is 864. The average molecular weight is 597 g/mol. The molecule has 18 heteroatoms. The van der Waals surface area contributed by atoms with Gasteiger partial charge in [0.2, 0.25) is 11.8 Å². The van der Waals surface area contributed by atoms with Crippen LogP contribution in [0.1, 0.15) is 39.5 Å². The van der Waals surface area contributed by atoms with Crippen molar-refractivity contribution in [3.8, 4) is 0 Å². The summed E-state index contributed by atoms with van der Waals surface area (Å²) in [5.41, 5.74) is 34.3. The minimum atomic E-state index is -0.923. The fourth-order valence-electron chi connectivity index (χ4n) is 2.93. The molecule has 0 aliphatic rings. The van der Waals surface area contributed by atoms with Crippen molar-refractivity contribution in [2.45, 2.75) is 62.4 Å². The lowest BCUT2D eigenvalue weighted by Crippen LogP contribution is -2.78. The fraction of sp³-hybridized carbons (Fsp3) is 0.714. The molecule has 0 fully saturated rings. The summed E-state index contributed by atoms with van der Waals surface area (Å²) in [6.45, 7) is 4.94. The first kappa shape index (κ1) is 36.0. The molecule has 4 amide bonds. The molecule has 16 nitrogen and oxygen atoms in total. The van der Waals surface area contributed by atoms with Crippen molar-refractivity contribution in [3.63, 3.8) is 0 Å². The van der Waals surface area contributed by atoms with Crippen LogP contribution in [0.25, 0.3) is 0 Å². The van der Waals surface area contributed by atoms with Crippen LogP contribution in [-0.4, -0.2) is 90.4 Å². The number of rotatable bonds is 20. The summed E-state index contributed by atoms with van der Waals surface area (Å²) >= 11 is 0. The molecule has 0 aromatic rings. The number of nitrogens with two attached hydrogens (primary N) is 5. The Kier molecular flexibility index (Phi) is 17.7. The number of carbonyl (C=O) groups excluding carboxylic acids is 4. The number of primary amides is 1. The van der Waals surface area contributed by atoms with Gasteiger partial charge in [-0.15, -0.1) is 0 Å². The molecule has 0 aromatic heterocycles. The van der Waals surface area contributed by atoms with Crippen LogP contribution in [0.5, 0.6) is 0 Å². The Morgan fingerprint density at radius 1 is 0.821 bits per heavy atom. The van der Waals surface area contributed by atoms with Crippen LogP contribution in [-0.2, 0) is 19.2 Å². The normalized spacial score (nSPS) is 13.3. The van der Waals surface area contributed by atoms with Crippen molar-refractivity contribution in [3.05, 3.63) is 0 Å². The third kappa shape index (κ3) is 18.9. The largest absolute Gasteiger partial charge is 0.368 e. The van der Waals surface area contributed by atoms with E-state index in [1.54, 1.807) is 0 Å². The van der Waals surface area contributed by atoms with E-state index in [1.807, 2.05) is 13.8 Å². The molecule has 39 heavy (non-hydrogen) atoms. The van der Waals surface area contributed by atoms with Crippen LogP contribution in [0.3, 0.4) is 0 Å². The standard InChI is InChI=1S/C21H44N12O4S2/c1-21(2,11-32-16(35)12(22)5-3-7-29-19(25)26)39-38-10-14(18(37)31-9-15(24)34)33-17(36)13(23)6-4-8-30-20(27)28/h12-14H,3-11,22-23H2,1-2H3,(H2,24,34)(H,31,37)(H,32,35)(H,33,36)(H4,25,26,29)(H4,27,28,30)/p+4/t12-,13-,14-/m1/s1. The molecule has 0 aromatic carbocycles. The Labute approximate surface area is 236 Å². The molecule has 0 aliphatic heterocycles. The van der Waals surface area contributed by atoms with E-state index >= 15 is 0 Å². The van der Waals surface area contributed by atoms with E-state index in [-0.39, 0.29) is 30.1 Å². The van der Waals surface area contributed by atoms with Crippen molar-refractivity contribution in [2.75, 3.05) is 31.9 Å². The number of amides is 4.